The molecule has 0 radical (unpaired) electrons. The van der Waals surface area contributed by atoms with E-state index in [0.717, 1.165) is 50.4 Å². The molecule has 3 rings (SSSR count). The Labute approximate surface area is 156 Å². The van der Waals surface area contributed by atoms with Gasteiger partial charge in [-0.25, -0.2) is 4.79 Å². The van der Waals surface area contributed by atoms with Gasteiger partial charge in [0.2, 0.25) is 0 Å². The predicted octanol–water partition coefficient (Wildman–Crippen LogP) is 4.05. The number of carbonyl (C=O) groups is 1. The molecular weight excluding hydrogens is 330 g/mol. The summed E-state index contributed by atoms with van der Waals surface area (Å²) in [5, 5.41) is 4.10. The molecule has 2 aliphatic rings. The quantitative estimate of drug-likeness (QED) is 0.811. The van der Waals surface area contributed by atoms with Crippen molar-refractivity contribution in [1.29, 1.82) is 0 Å². The average molecular weight is 364 g/mol. The number of rotatable bonds is 3. The molecule has 1 amide bonds. The van der Waals surface area contributed by atoms with Crippen LogP contribution in [0.4, 0.5) is 4.79 Å². The van der Waals surface area contributed by atoms with Crippen LogP contribution in [0.15, 0.2) is 4.52 Å². The Hall–Kier alpha value is -1.56. The first-order valence-electron chi connectivity index (χ1n) is 9.91. The van der Waals surface area contributed by atoms with Crippen LogP contribution in [0.2, 0.25) is 0 Å². The molecule has 2 fully saturated rings. The number of likely N-dealkylation sites (tertiary alicyclic amines) is 2. The summed E-state index contributed by atoms with van der Waals surface area (Å²) in [6, 6.07) is 0.623. The Balaban J connectivity index is 1.75. The summed E-state index contributed by atoms with van der Waals surface area (Å²) in [7, 11) is 0. The highest BCUT2D eigenvalue weighted by atomic mass is 16.6. The minimum absolute atomic E-state index is 0.164. The van der Waals surface area contributed by atoms with Crippen molar-refractivity contribution in [2.24, 2.45) is 0 Å². The summed E-state index contributed by atoms with van der Waals surface area (Å²) in [4.78, 5) is 17.2. The second-order valence-electron chi connectivity index (χ2n) is 8.72. The van der Waals surface area contributed by atoms with E-state index >= 15 is 0 Å². The van der Waals surface area contributed by atoms with Crippen molar-refractivity contribution >= 4 is 6.09 Å². The first kappa shape index (κ1) is 19.2. The number of aromatic nitrogens is 1. The summed E-state index contributed by atoms with van der Waals surface area (Å²) in [5.74, 6) is 0.905. The van der Waals surface area contributed by atoms with E-state index < -0.39 is 5.60 Å². The van der Waals surface area contributed by atoms with E-state index in [4.69, 9.17) is 9.26 Å². The van der Waals surface area contributed by atoms with Crippen LogP contribution in [0.5, 0.6) is 0 Å². The van der Waals surface area contributed by atoms with E-state index in [2.05, 4.69) is 10.1 Å². The number of carbonyl (C=O) groups excluding carboxylic acids is 1. The third-order valence-corrected chi connectivity index (χ3v) is 5.58. The predicted molar refractivity (Wildman–Crippen MR) is 100.0 cm³/mol. The molecule has 2 saturated heterocycles. The van der Waals surface area contributed by atoms with Gasteiger partial charge in [-0.3, -0.25) is 4.90 Å². The number of nitrogens with zero attached hydrogens (tertiary/aromatic N) is 3. The van der Waals surface area contributed by atoms with Crippen molar-refractivity contribution in [3.63, 3.8) is 0 Å². The molecule has 0 aliphatic carbocycles. The van der Waals surface area contributed by atoms with Crippen molar-refractivity contribution in [1.82, 2.24) is 15.0 Å². The highest BCUT2D eigenvalue weighted by Crippen LogP contribution is 2.32. The minimum atomic E-state index is -0.451. The van der Waals surface area contributed by atoms with E-state index in [1.807, 2.05) is 39.5 Å². The summed E-state index contributed by atoms with van der Waals surface area (Å²) < 4.78 is 11.0. The molecule has 0 spiro atoms. The maximum Gasteiger partial charge on any atom is 0.410 e. The Morgan fingerprint density at radius 2 is 1.88 bits per heavy atom. The minimum Gasteiger partial charge on any atom is -0.444 e. The van der Waals surface area contributed by atoms with E-state index in [1.165, 1.54) is 18.4 Å². The van der Waals surface area contributed by atoms with Gasteiger partial charge in [-0.2, -0.15) is 0 Å². The molecule has 146 valence electrons. The molecule has 0 N–H and O–H groups in total. The zero-order valence-electron chi connectivity index (χ0n) is 16.9. The third kappa shape index (κ3) is 4.22. The van der Waals surface area contributed by atoms with E-state index in [9.17, 15) is 4.79 Å². The lowest BCUT2D eigenvalue weighted by Gasteiger charge is -2.42. The second-order valence-corrected chi connectivity index (χ2v) is 8.72. The largest absolute Gasteiger partial charge is 0.444 e. The van der Waals surface area contributed by atoms with Gasteiger partial charge in [0.15, 0.2) is 0 Å². The monoisotopic (exact) mass is 363 g/mol. The Kier molecular flexibility index (Phi) is 5.61. The number of amides is 1. The first-order chi connectivity index (χ1) is 12.3. The SMILES string of the molecule is Cc1noc(C)c1CN1CCCC[C@@H]1[C@H]1CCCN1C(=O)OC(C)(C)C. The molecule has 6 heteroatoms. The van der Waals surface area contributed by atoms with Crippen LogP contribution in [0.25, 0.3) is 0 Å². The Bertz CT molecular complexity index is 615. The molecule has 0 unspecified atom stereocenters. The fourth-order valence-electron chi connectivity index (χ4n) is 4.32. The van der Waals surface area contributed by atoms with Crippen LogP contribution in [0.3, 0.4) is 0 Å². The van der Waals surface area contributed by atoms with Gasteiger partial charge in [0.25, 0.3) is 0 Å². The normalized spacial score (nSPS) is 24.9. The lowest BCUT2D eigenvalue weighted by Crippen LogP contribution is -2.53. The van der Waals surface area contributed by atoms with E-state index in [0.29, 0.717) is 6.04 Å². The van der Waals surface area contributed by atoms with Crippen molar-refractivity contribution in [2.45, 2.75) is 91.0 Å². The van der Waals surface area contributed by atoms with Crippen LogP contribution in [0, 0.1) is 13.8 Å². The van der Waals surface area contributed by atoms with Gasteiger partial charge >= 0.3 is 6.09 Å². The van der Waals surface area contributed by atoms with Gasteiger partial charge in [0, 0.05) is 24.7 Å². The van der Waals surface area contributed by atoms with Gasteiger partial charge in [-0.1, -0.05) is 11.6 Å². The molecule has 0 aromatic carbocycles. The van der Waals surface area contributed by atoms with Gasteiger partial charge in [-0.15, -0.1) is 0 Å². The van der Waals surface area contributed by atoms with Crippen molar-refractivity contribution in [3.05, 3.63) is 17.0 Å². The molecular formula is C20H33N3O3. The van der Waals surface area contributed by atoms with Crippen LogP contribution >= 0.6 is 0 Å². The number of hydrogen-bond donors (Lipinski definition) is 0. The second kappa shape index (κ2) is 7.59. The van der Waals surface area contributed by atoms with Gasteiger partial charge in [0.1, 0.15) is 11.4 Å². The molecule has 26 heavy (non-hydrogen) atoms. The fourth-order valence-corrected chi connectivity index (χ4v) is 4.32. The zero-order chi connectivity index (χ0) is 18.9. The van der Waals surface area contributed by atoms with E-state index in [1.54, 1.807) is 0 Å². The molecule has 2 atom stereocenters. The van der Waals surface area contributed by atoms with Crippen LogP contribution in [-0.2, 0) is 11.3 Å². The van der Waals surface area contributed by atoms with Crippen LogP contribution in [0.1, 0.15) is 69.9 Å². The van der Waals surface area contributed by atoms with Crippen LogP contribution in [-0.4, -0.2) is 51.8 Å². The lowest BCUT2D eigenvalue weighted by atomic mass is 9.93. The van der Waals surface area contributed by atoms with Crippen molar-refractivity contribution < 1.29 is 14.1 Å². The summed E-state index contributed by atoms with van der Waals surface area (Å²) in [5.41, 5.74) is 1.72. The fraction of sp³-hybridized carbons (Fsp3) is 0.800. The summed E-state index contributed by atoms with van der Waals surface area (Å²) in [6.07, 6.45) is 5.51. The van der Waals surface area contributed by atoms with E-state index in [-0.39, 0.29) is 12.1 Å². The number of piperidine rings is 1. The van der Waals surface area contributed by atoms with Crippen molar-refractivity contribution in [2.75, 3.05) is 13.1 Å². The molecule has 2 aliphatic heterocycles. The topological polar surface area (TPSA) is 58.8 Å². The summed E-state index contributed by atoms with van der Waals surface area (Å²) in [6.45, 7) is 12.5. The standard InChI is InChI=1S/C20H33N3O3/c1-14-16(15(2)26-21-14)13-22-11-7-6-9-17(22)18-10-8-12-23(18)19(24)25-20(3,4)5/h17-18H,6-13H2,1-5H3/t17-,18-/m1/s1. The Morgan fingerprint density at radius 3 is 2.54 bits per heavy atom. The van der Waals surface area contributed by atoms with Crippen LogP contribution < -0.4 is 0 Å². The molecule has 0 saturated carbocycles. The Morgan fingerprint density at radius 1 is 1.15 bits per heavy atom. The molecule has 3 heterocycles. The molecule has 1 aromatic heterocycles. The number of hydrogen-bond acceptors (Lipinski definition) is 5. The van der Waals surface area contributed by atoms with Crippen molar-refractivity contribution in [3.8, 4) is 0 Å². The van der Waals surface area contributed by atoms with Gasteiger partial charge < -0.3 is 14.2 Å². The van der Waals surface area contributed by atoms with Gasteiger partial charge in [0.05, 0.1) is 11.7 Å². The number of ether oxygens (including phenoxy) is 1. The highest BCUT2D eigenvalue weighted by molar-refractivity contribution is 5.69. The zero-order valence-corrected chi connectivity index (χ0v) is 16.9. The molecule has 6 nitrogen and oxygen atoms in total. The maximum atomic E-state index is 12.7. The van der Waals surface area contributed by atoms with Gasteiger partial charge in [-0.05, 0) is 66.8 Å². The smallest absolute Gasteiger partial charge is 0.410 e. The lowest BCUT2D eigenvalue weighted by molar-refractivity contribution is 0.00633. The summed E-state index contributed by atoms with van der Waals surface area (Å²) >= 11 is 0. The highest BCUT2D eigenvalue weighted by Gasteiger charge is 2.40. The maximum absolute atomic E-state index is 12.7. The third-order valence-electron chi connectivity index (χ3n) is 5.58. The first-order valence-corrected chi connectivity index (χ1v) is 9.91. The number of aryl methyl sites for hydroxylation is 2. The average Bonchev–Trinajstić information content (AvgIpc) is 3.16. The molecule has 1 aromatic rings. The molecule has 0 bridgehead atoms.